The molecule has 0 radical (unpaired) electrons. The van der Waals surface area contributed by atoms with Gasteiger partial charge < -0.3 is 10.2 Å². The van der Waals surface area contributed by atoms with Crippen molar-refractivity contribution in [3.05, 3.63) is 110 Å². The summed E-state index contributed by atoms with van der Waals surface area (Å²) < 4.78 is 0. The van der Waals surface area contributed by atoms with Crippen LogP contribution in [0.3, 0.4) is 0 Å². The molecule has 3 aromatic rings. The third-order valence-corrected chi connectivity index (χ3v) is 6.07. The molecule has 2 N–H and O–H groups in total. The van der Waals surface area contributed by atoms with Crippen LogP contribution in [-0.2, 0) is 4.79 Å². The number of nitro benzene ring substituents is 1. The number of hydrogen-bond acceptors (Lipinski definition) is 6. The molecule has 3 rings (SSSR count). The van der Waals surface area contributed by atoms with Crippen LogP contribution in [0, 0.1) is 10.1 Å². The van der Waals surface area contributed by atoms with E-state index in [1.54, 1.807) is 37.3 Å². The fraction of sp³-hybridized carbons (Fsp3) is 0.179. The number of non-ortho nitro benzene ring substituents is 1. The number of anilines is 1. The Bertz CT molecular complexity index is 1380. The van der Waals surface area contributed by atoms with Crippen LogP contribution in [0.5, 0.6) is 0 Å². The van der Waals surface area contributed by atoms with Gasteiger partial charge in [0.1, 0.15) is 5.70 Å². The van der Waals surface area contributed by atoms with Gasteiger partial charge in [-0.15, -0.1) is 0 Å². The molecule has 0 fully saturated rings. The topological polar surface area (TPSA) is 117 Å². The maximum atomic E-state index is 13.1. The van der Waals surface area contributed by atoms with Crippen molar-refractivity contribution in [2.24, 2.45) is 5.10 Å². The van der Waals surface area contributed by atoms with E-state index >= 15 is 0 Å². The minimum Gasteiger partial charge on any atom is -0.372 e. The minimum absolute atomic E-state index is 0.0545. The lowest BCUT2D eigenvalue weighted by Crippen LogP contribution is -2.33. The maximum absolute atomic E-state index is 13.1. The highest BCUT2D eigenvalue weighted by Gasteiger charge is 2.17. The van der Waals surface area contributed by atoms with Crippen LogP contribution in [-0.4, -0.2) is 35.5 Å². The van der Waals surface area contributed by atoms with Gasteiger partial charge in [-0.2, -0.15) is 5.10 Å². The number of rotatable bonds is 10. The van der Waals surface area contributed by atoms with E-state index in [1.807, 2.05) is 24.3 Å². The molecule has 0 spiro atoms. The second kappa shape index (κ2) is 13.2. The standard InChI is InChI=1S/C28H28ClN5O4/c1-4-33(5-2)22-15-13-20(14-16-22)17-26(30-27(35)24-11-6-7-12-25(24)29)28(36)32-31-19(3)21-9-8-10-23(18-21)34(37)38/h6-18H,4-5H2,1-3H3,(H,30,35)(H,32,36)/b26-17+,31-19+. The number of halogens is 1. The van der Waals surface area contributed by atoms with Gasteiger partial charge in [0.15, 0.2) is 0 Å². The van der Waals surface area contributed by atoms with Gasteiger partial charge in [-0.1, -0.05) is 48.0 Å². The predicted molar refractivity (Wildman–Crippen MR) is 150 cm³/mol. The molecule has 0 saturated heterocycles. The van der Waals surface area contributed by atoms with Crippen LogP contribution in [0.25, 0.3) is 6.08 Å². The minimum atomic E-state index is -0.678. The molecule has 2 amide bonds. The van der Waals surface area contributed by atoms with E-state index < -0.39 is 16.7 Å². The number of benzene rings is 3. The first-order valence-electron chi connectivity index (χ1n) is 12.0. The van der Waals surface area contributed by atoms with Gasteiger partial charge in [-0.3, -0.25) is 19.7 Å². The average Bonchev–Trinajstić information content (AvgIpc) is 2.92. The lowest BCUT2D eigenvalue weighted by atomic mass is 10.1. The Morgan fingerprint density at radius 1 is 1.03 bits per heavy atom. The Morgan fingerprint density at radius 3 is 2.34 bits per heavy atom. The Balaban J connectivity index is 1.89. The molecule has 0 saturated carbocycles. The van der Waals surface area contributed by atoms with Crippen molar-refractivity contribution >= 4 is 46.6 Å². The Hall–Kier alpha value is -4.50. The van der Waals surface area contributed by atoms with Crippen molar-refractivity contribution < 1.29 is 14.5 Å². The van der Waals surface area contributed by atoms with Crippen LogP contribution in [0.2, 0.25) is 5.02 Å². The van der Waals surface area contributed by atoms with Crippen LogP contribution in [0.4, 0.5) is 11.4 Å². The Morgan fingerprint density at radius 2 is 1.71 bits per heavy atom. The molecule has 0 heterocycles. The van der Waals surface area contributed by atoms with Crippen molar-refractivity contribution in [1.29, 1.82) is 0 Å². The zero-order valence-electron chi connectivity index (χ0n) is 21.3. The summed E-state index contributed by atoms with van der Waals surface area (Å²) in [7, 11) is 0. The molecule has 38 heavy (non-hydrogen) atoms. The van der Waals surface area contributed by atoms with E-state index in [9.17, 15) is 19.7 Å². The second-order valence-corrected chi connectivity index (χ2v) is 8.61. The fourth-order valence-corrected chi connectivity index (χ4v) is 3.86. The third-order valence-electron chi connectivity index (χ3n) is 5.74. The third kappa shape index (κ3) is 7.27. The number of nitrogens with one attached hydrogen (secondary N) is 2. The van der Waals surface area contributed by atoms with Crippen LogP contribution in [0.15, 0.2) is 83.6 Å². The van der Waals surface area contributed by atoms with Gasteiger partial charge >= 0.3 is 0 Å². The van der Waals surface area contributed by atoms with Crippen molar-refractivity contribution in [3.63, 3.8) is 0 Å². The molecule has 0 aliphatic rings. The summed E-state index contributed by atoms with van der Waals surface area (Å²) >= 11 is 6.17. The highest BCUT2D eigenvalue weighted by atomic mass is 35.5. The van der Waals surface area contributed by atoms with Crippen molar-refractivity contribution in [2.45, 2.75) is 20.8 Å². The smallest absolute Gasteiger partial charge is 0.287 e. The molecule has 3 aromatic carbocycles. The largest absolute Gasteiger partial charge is 0.372 e. The molecular weight excluding hydrogens is 506 g/mol. The van der Waals surface area contributed by atoms with Crippen molar-refractivity contribution in [3.8, 4) is 0 Å². The summed E-state index contributed by atoms with van der Waals surface area (Å²) in [5.74, 6) is -1.24. The van der Waals surface area contributed by atoms with Crippen LogP contribution in [0.1, 0.15) is 42.3 Å². The lowest BCUT2D eigenvalue weighted by molar-refractivity contribution is -0.384. The first-order chi connectivity index (χ1) is 18.2. The monoisotopic (exact) mass is 533 g/mol. The lowest BCUT2D eigenvalue weighted by Gasteiger charge is -2.21. The van der Waals surface area contributed by atoms with E-state index in [1.165, 1.54) is 24.3 Å². The molecule has 0 aromatic heterocycles. The maximum Gasteiger partial charge on any atom is 0.287 e. The summed E-state index contributed by atoms with van der Waals surface area (Å²) in [5.41, 5.74) is 5.03. The van der Waals surface area contributed by atoms with Gasteiger partial charge in [0.25, 0.3) is 17.5 Å². The Kier molecular flexibility index (Phi) is 9.72. The second-order valence-electron chi connectivity index (χ2n) is 8.20. The van der Waals surface area contributed by atoms with Crippen molar-refractivity contribution in [1.82, 2.24) is 10.7 Å². The normalized spacial score (nSPS) is 11.6. The summed E-state index contributed by atoms with van der Waals surface area (Å²) in [6, 6.07) is 20.0. The van der Waals surface area contributed by atoms with E-state index in [0.717, 1.165) is 18.8 Å². The first-order valence-corrected chi connectivity index (χ1v) is 12.3. The van der Waals surface area contributed by atoms with E-state index in [4.69, 9.17) is 11.6 Å². The predicted octanol–water partition coefficient (Wildman–Crippen LogP) is 5.41. The number of hydrogen-bond donors (Lipinski definition) is 2. The van der Waals surface area contributed by atoms with E-state index in [0.29, 0.717) is 16.8 Å². The molecule has 0 unspecified atom stereocenters. The average molecular weight is 534 g/mol. The molecule has 0 aliphatic carbocycles. The van der Waals surface area contributed by atoms with Gasteiger partial charge in [-0.25, -0.2) is 5.43 Å². The van der Waals surface area contributed by atoms with Gasteiger partial charge in [0, 0.05) is 36.5 Å². The van der Waals surface area contributed by atoms with E-state index in [-0.39, 0.29) is 22.0 Å². The van der Waals surface area contributed by atoms with Gasteiger partial charge in [-0.05, 0) is 56.7 Å². The zero-order valence-corrected chi connectivity index (χ0v) is 22.0. The molecular formula is C28H28ClN5O4. The summed E-state index contributed by atoms with van der Waals surface area (Å²) in [6.45, 7) is 7.46. The van der Waals surface area contributed by atoms with Gasteiger partial charge in [0.05, 0.1) is 21.2 Å². The quantitative estimate of drug-likeness (QED) is 0.156. The number of carbonyl (C=O) groups excluding carboxylic acids is 2. The highest BCUT2D eigenvalue weighted by molar-refractivity contribution is 6.34. The van der Waals surface area contributed by atoms with Crippen LogP contribution < -0.4 is 15.6 Å². The number of amides is 2. The highest BCUT2D eigenvalue weighted by Crippen LogP contribution is 2.18. The SMILES string of the molecule is CCN(CC)c1ccc(/C=C(/NC(=O)c2ccccc2Cl)C(=O)N/N=C(\C)c2cccc([N+](=O)[O-])c2)cc1. The molecule has 0 aliphatic heterocycles. The zero-order chi connectivity index (χ0) is 27.7. The van der Waals surface area contributed by atoms with Gasteiger partial charge in [0.2, 0.25) is 0 Å². The molecule has 10 heteroatoms. The molecule has 0 bridgehead atoms. The fourth-order valence-electron chi connectivity index (χ4n) is 3.63. The van der Waals surface area contributed by atoms with Crippen LogP contribution >= 0.6 is 11.6 Å². The summed E-state index contributed by atoms with van der Waals surface area (Å²) in [5, 5.41) is 18.0. The molecule has 0 atom stereocenters. The van der Waals surface area contributed by atoms with Crippen molar-refractivity contribution in [2.75, 3.05) is 18.0 Å². The summed E-state index contributed by atoms with van der Waals surface area (Å²) in [4.78, 5) is 38.8. The number of nitro groups is 1. The number of hydrazone groups is 1. The number of carbonyl (C=O) groups is 2. The molecule has 196 valence electrons. The Labute approximate surface area is 226 Å². The number of nitrogens with zero attached hydrogens (tertiary/aromatic N) is 3. The first kappa shape index (κ1) is 28.1. The van der Waals surface area contributed by atoms with E-state index in [2.05, 4.69) is 34.6 Å². The summed E-state index contributed by atoms with van der Waals surface area (Å²) in [6.07, 6.45) is 1.54. The molecule has 9 nitrogen and oxygen atoms in total.